The van der Waals surface area contributed by atoms with Crippen LogP contribution in [0.15, 0.2) is 24.3 Å². The van der Waals surface area contributed by atoms with Crippen molar-refractivity contribution in [2.24, 2.45) is 0 Å². The number of hydrogen-bond acceptors (Lipinski definition) is 2. The van der Waals surface area contributed by atoms with Crippen molar-refractivity contribution in [2.75, 3.05) is 7.11 Å². The van der Waals surface area contributed by atoms with E-state index in [4.69, 9.17) is 0 Å². The number of rotatable bonds is 2. The number of methoxy groups -OCH3 is 1. The maximum atomic E-state index is 11.9. The summed E-state index contributed by atoms with van der Waals surface area (Å²) >= 11 is 0. The largest absolute Gasteiger partial charge is 0.465 e. The Hall–Kier alpha value is -1.40. The van der Waals surface area contributed by atoms with E-state index in [0.717, 1.165) is 0 Å². The van der Waals surface area contributed by atoms with Crippen LogP contribution in [0.25, 0.3) is 0 Å². The molecule has 77 valence electrons. The molecule has 0 aromatic heterocycles. The SMILES string of the molecule is COC(=O)c1ccc([B]F)cc1.O.O. The summed E-state index contributed by atoms with van der Waals surface area (Å²) in [7, 11) is 1.78. The van der Waals surface area contributed by atoms with Crippen molar-refractivity contribution in [3.8, 4) is 0 Å². The van der Waals surface area contributed by atoms with Gasteiger partial charge in [0.1, 0.15) is 0 Å². The van der Waals surface area contributed by atoms with Crippen LogP contribution in [-0.4, -0.2) is 31.6 Å². The topological polar surface area (TPSA) is 89.3 Å². The number of carbonyl (C=O) groups is 1. The summed E-state index contributed by atoms with van der Waals surface area (Å²) in [6.45, 7) is 0. The fourth-order valence-corrected chi connectivity index (χ4v) is 0.810. The average Bonchev–Trinajstić information content (AvgIpc) is 2.17. The van der Waals surface area contributed by atoms with Crippen LogP contribution in [0.3, 0.4) is 0 Å². The Morgan fingerprint density at radius 2 is 1.79 bits per heavy atom. The van der Waals surface area contributed by atoms with E-state index in [-0.39, 0.29) is 11.0 Å². The minimum atomic E-state index is -0.416. The lowest BCUT2D eigenvalue weighted by Crippen LogP contribution is -2.10. The summed E-state index contributed by atoms with van der Waals surface area (Å²) in [5.41, 5.74) is 0.853. The molecule has 0 saturated carbocycles. The van der Waals surface area contributed by atoms with Crippen LogP contribution in [0, 0.1) is 0 Å². The van der Waals surface area contributed by atoms with Gasteiger partial charge in [-0.15, -0.1) is 0 Å². The van der Waals surface area contributed by atoms with Gasteiger partial charge in [0.2, 0.25) is 0 Å². The molecular formula is C8H11BFO4. The van der Waals surface area contributed by atoms with Crippen LogP contribution >= 0.6 is 0 Å². The van der Waals surface area contributed by atoms with Crippen molar-refractivity contribution >= 4 is 19.0 Å². The third kappa shape index (κ3) is 3.55. The standard InChI is InChI=1S/C8H7BFO2.2H2O/c1-12-8(11)6-2-4-7(9-10)5-3-6;;/h2-5H,1H3;2*1H2. The zero-order valence-corrected chi connectivity index (χ0v) is 7.58. The summed E-state index contributed by atoms with van der Waals surface area (Å²) in [5.74, 6) is -0.416. The minimum Gasteiger partial charge on any atom is -0.465 e. The Labute approximate surface area is 81.6 Å². The molecule has 0 aliphatic heterocycles. The van der Waals surface area contributed by atoms with E-state index in [1.807, 2.05) is 0 Å². The molecule has 0 fully saturated rings. The van der Waals surface area contributed by atoms with Gasteiger partial charge in [-0.2, -0.15) is 0 Å². The van der Waals surface area contributed by atoms with E-state index in [2.05, 4.69) is 4.74 Å². The van der Waals surface area contributed by atoms with Crippen LogP contribution in [0.2, 0.25) is 0 Å². The Balaban J connectivity index is 0. The molecule has 4 N–H and O–H groups in total. The molecule has 1 radical (unpaired) electrons. The summed E-state index contributed by atoms with van der Waals surface area (Å²) < 4.78 is 16.4. The van der Waals surface area contributed by atoms with Crippen LogP contribution < -0.4 is 5.46 Å². The van der Waals surface area contributed by atoms with Gasteiger partial charge in [-0.3, -0.25) is 0 Å². The van der Waals surface area contributed by atoms with Crippen LogP contribution in [0.5, 0.6) is 0 Å². The second-order valence-electron chi connectivity index (χ2n) is 2.22. The van der Waals surface area contributed by atoms with Gasteiger partial charge in [0.15, 0.2) is 0 Å². The molecule has 0 spiro atoms. The fourth-order valence-electron chi connectivity index (χ4n) is 0.810. The van der Waals surface area contributed by atoms with E-state index in [0.29, 0.717) is 18.6 Å². The van der Waals surface area contributed by atoms with Crippen LogP contribution in [0.1, 0.15) is 10.4 Å². The predicted molar refractivity (Wildman–Crippen MR) is 51.5 cm³/mol. The molecule has 0 heterocycles. The first-order valence-corrected chi connectivity index (χ1v) is 3.39. The summed E-state index contributed by atoms with van der Waals surface area (Å²) in [4.78, 5) is 10.9. The molecule has 1 rings (SSSR count). The fraction of sp³-hybridized carbons (Fsp3) is 0.125. The molecule has 4 nitrogen and oxygen atoms in total. The highest BCUT2D eigenvalue weighted by molar-refractivity contribution is 6.46. The average molecular weight is 201 g/mol. The molecule has 1 aromatic rings. The first-order valence-electron chi connectivity index (χ1n) is 3.39. The maximum Gasteiger partial charge on any atom is 0.391 e. The van der Waals surface area contributed by atoms with Crippen molar-refractivity contribution in [2.45, 2.75) is 0 Å². The maximum absolute atomic E-state index is 11.9. The van der Waals surface area contributed by atoms with Gasteiger partial charge in [-0.25, -0.2) is 4.79 Å². The zero-order valence-electron chi connectivity index (χ0n) is 7.58. The number of carbonyl (C=O) groups excluding carboxylic acids is 1. The highest BCUT2D eigenvalue weighted by Crippen LogP contribution is 1.98. The summed E-state index contributed by atoms with van der Waals surface area (Å²) in [5, 5.41) is 0. The third-order valence-electron chi connectivity index (χ3n) is 1.46. The lowest BCUT2D eigenvalue weighted by Gasteiger charge is -1.98. The molecule has 0 saturated heterocycles. The second kappa shape index (κ2) is 7.05. The molecule has 0 atom stereocenters. The van der Waals surface area contributed by atoms with E-state index in [1.54, 1.807) is 0 Å². The van der Waals surface area contributed by atoms with Crippen molar-refractivity contribution in [3.05, 3.63) is 29.8 Å². The highest BCUT2D eigenvalue weighted by Gasteiger charge is 2.04. The molecular weight excluding hydrogens is 190 g/mol. The Morgan fingerprint density at radius 3 is 2.14 bits per heavy atom. The van der Waals surface area contributed by atoms with Gasteiger partial charge in [0, 0.05) is 0 Å². The molecule has 0 bridgehead atoms. The highest BCUT2D eigenvalue weighted by atomic mass is 19.1. The molecule has 0 aliphatic rings. The minimum absolute atomic E-state index is 0. The second-order valence-corrected chi connectivity index (χ2v) is 2.22. The molecule has 6 heteroatoms. The quantitative estimate of drug-likeness (QED) is 0.455. The smallest absolute Gasteiger partial charge is 0.391 e. The van der Waals surface area contributed by atoms with Crippen molar-refractivity contribution in [1.29, 1.82) is 0 Å². The molecule has 14 heavy (non-hydrogen) atoms. The first kappa shape index (κ1) is 15.1. The number of ether oxygens (including phenoxy) is 1. The molecule has 0 amide bonds. The summed E-state index contributed by atoms with van der Waals surface area (Å²) in [6, 6.07) is 6.03. The third-order valence-corrected chi connectivity index (χ3v) is 1.46. The molecule has 0 aliphatic carbocycles. The van der Waals surface area contributed by atoms with Crippen molar-refractivity contribution in [1.82, 2.24) is 0 Å². The molecule has 1 aromatic carbocycles. The van der Waals surface area contributed by atoms with Gasteiger partial charge < -0.3 is 20.0 Å². The van der Waals surface area contributed by atoms with Gasteiger partial charge in [-0.1, -0.05) is 12.1 Å². The normalized spacial score (nSPS) is 7.86. The number of benzene rings is 1. The zero-order chi connectivity index (χ0) is 8.97. The Bertz CT molecular complexity index is 275. The van der Waals surface area contributed by atoms with Crippen LogP contribution in [-0.2, 0) is 4.74 Å². The first-order chi connectivity index (χ1) is 5.77. The van der Waals surface area contributed by atoms with Crippen LogP contribution in [0.4, 0.5) is 4.32 Å². The van der Waals surface area contributed by atoms with Gasteiger partial charge in [0.05, 0.1) is 12.7 Å². The van der Waals surface area contributed by atoms with Crippen molar-refractivity contribution < 1.29 is 24.8 Å². The van der Waals surface area contributed by atoms with E-state index in [1.165, 1.54) is 31.4 Å². The number of hydrogen-bond donors (Lipinski definition) is 0. The Morgan fingerprint density at radius 1 is 1.29 bits per heavy atom. The van der Waals surface area contributed by atoms with Gasteiger partial charge in [-0.05, 0) is 17.6 Å². The lowest BCUT2D eigenvalue weighted by molar-refractivity contribution is 0.0601. The predicted octanol–water partition coefficient (Wildman–Crippen LogP) is -0.962. The monoisotopic (exact) mass is 201 g/mol. The summed E-state index contributed by atoms with van der Waals surface area (Å²) in [6.07, 6.45) is 0. The van der Waals surface area contributed by atoms with Crippen molar-refractivity contribution in [3.63, 3.8) is 0 Å². The number of halogens is 1. The van der Waals surface area contributed by atoms with E-state index in [9.17, 15) is 9.11 Å². The molecule has 0 unspecified atom stereocenters. The van der Waals surface area contributed by atoms with Gasteiger partial charge >= 0.3 is 13.5 Å². The number of esters is 1. The van der Waals surface area contributed by atoms with Gasteiger partial charge in [0.25, 0.3) is 0 Å². The lowest BCUT2D eigenvalue weighted by atomic mass is 9.91. The Kier molecular flexibility index (Phi) is 7.60. The van der Waals surface area contributed by atoms with E-state index < -0.39 is 5.97 Å². The van der Waals surface area contributed by atoms with E-state index >= 15 is 0 Å².